The third-order valence-corrected chi connectivity index (χ3v) is 4.23. The maximum Gasteiger partial charge on any atom is 0.197 e. The van der Waals surface area contributed by atoms with Crippen LogP contribution in [0.5, 0.6) is 5.75 Å². The molecular weight excluding hydrogens is 238 g/mol. The van der Waals surface area contributed by atoms with Gasteiger partial charge in [-0.25, -0.2) is 4.98 Å². The highest BCUT2D eigenvalue weighted by atomic mass is 16.5. The van der Waals surface area contributed by atoms with Gasteiger partial charge in [-0.05, 0) is 29.0 Å². The van der Waals surface area contributed by atoms with Crippen LogP contribution >= 0.6 is 0 Å². The van der Waals surface area contributed by atoms with Gasteiger partial charge in [0, 0.05) is 11.6 Å². The molecule has 1 saturated carbocycles. The lowest BCUT2D eigenvalue weighted by molar-refractivity contribution is 0.414. The molecule has 0 radical (unpaired) electrons. The zero-order valence-corrected chi connectivity index (χ0v) is 11.5. The Labute approximate surface area is 113 Å². The highest BCUT2D eigenvalue weighted by Crippen LogP contribution is 2.69. The van der Waals surface area contributed by atoms with Crippen molar-refractivity contribution in [2.24, 2.45) is 5.41 Å². The SMILES string of the molecule is COc1cccc([C@@H]2[C@@H](c3cnc(N)[nH]3)C2(C)C)c1. The molecule has 2 atom stereocenters. The van der Waals surface area contributed by atoms with Crippen LogP contribution in [0.2, 0.25) is 0 Å². The highest BCUT2D eigenvalue weighted by Gasteiger charge is 2.59. The molecule has 0 amide bonds. The van der Waals surface area contributed by atoms with Crippen molar-refractivity contribution in [3.05, 3.63) is 41.7 Å². The van der Waals surface area contributed by atoms with Crippen LogP contribution in [0.25, 0.3) is 0 Å². The number of nitrogen functional groups attached to an aromatic ring is 1. The second-order valence-corrected chi connectivity index (χ2v) is 5.78. The summed E-state index contributed by atoms with van der Waals surface area (Å²) in [5, 5.41) is 0. The zero-order valence-electron chi connectivity index (χ0n) is 11.5. The van der Waals surface area contributed by atoms with E-state index in [4.69, 9.17) is 10.5 Å². The Kier molecular flexibility index (Phi) is 2.55. The number of hydrogen-bond donors (Lipinski definition) is 2. The van der Waals surface area contributed by atoms with Crippen LogP contribution in [-0.4, -0.2) is 17.1 Å². The first-order valence-corrected chi connectivity index (χ1v) is 6.48. The van der Waals surface area contributed by atoms with Gasteiger partial charge in [-0.3, -0.25) is 0 Å². The Bertz CT molecular complexity index is 603. The van der Waals surface area contributed by atoms with E-state index in [1.807, 2.05) is 18.3 Å². The Hall–Kier alpha value is -1.97. The number of ether oxygens (including phenoxy) is 1. The lowest BCUT2D eigenvalue weighted by Gasteiger charge is -2.05. The first-order valence-electron chi connectivity index (χ1n) is 6.48. The molecule has 1 aromatic carbocycles. The molecule has 0 bridgehead atoms. The number of nitrogens with two attached hydrogens (primary N) is 1. The quantitative estimate of drug-likeness (QED) is 0.888. The van der Waals surface area contributed by atoms with E-state index in [1.165, 1.54) is 5.56 Å². The van der Waals surface area contributed by atoms with Crippen molar-refractivity contribution in [3.63, 3.8) is 0 Å². The van der Waals surface area contributed by atoms with E-state index in [0.29, 0.717) is 17.8 Å². The fourth-order valence-electron chi connectivity index (χ4n) is 3.18. The number of hydrogen-bond acceptors (Lipinski definition) is 3. The fourth-order valence-corrected chi connectivity index (χ4v) is 3.18. The minimum Gasteiger partial charge on any atom is -0.497 e. The second kappa shape index (κ2) is 4.02. The lowest BCUT2D eigenvalue weighted by Crippen LogP contribution is -1.91. The molecule has 0 saturated heterocycles. The molecule has 0 aliphatic heterocycles. The maximum atomic E-state index is 5.68. The molecule has 3 rings (SSSR count). The summed E-state index contributed by atoms with van der Waals surface area (Å²) in [6.07, 6.45) is 1.85. The van der Waals surface area contributed by atoms with Gasteiger partial charge in [0.2, 0.25) is 0 Å². The van der Waals surface area contributed by atoms with E-state index >= 15 is 0 Å². The van der Waals surface area contributed by atoms with Crippen molar-refractivity contribution in [1.82, 2.24) is 9.97 Å². The number of anilines is 1. The van der Waals surface area contributed by atoms with Gasteiger partial charge in [0.15, 0.2) is 5.95 Å². The van der Waals surface area contributed by atoms with Crippen LogP contribution in [0.1, 0.15) is 36.9 Å². The predicted molar refractivity (Wildman–Crippen MR) is 75.3 cm³/mol. The van der Waals surface area contributed by atoms with Crippen LogP contribution in [-0.2, 0) is 0 Å². The number of aromatic amines is 1. The summed E-state index contributed by atoms with van der Waals surface area (Å²) in [7, 11) is 1.70. The Morgan fingerprint density at radius 3 is 2.74 bits per heavy atom. The van der Waals surface area contributed by atoms with Gasteiger partial charge in [-0.2, -0.15) is 0 Å². The van der Waals surface area contributed by atoms with Crippen molar-refractivity contribution in [3.8, 4) is 5.75 Å². The van der Waals surface area contributed by atoms with E-state index in [9.17, 15) is 0 Å². The summed E-state index contributed by atoms with van der Waals surface area (Å²) >= 11 is 0. The number of H-pyrrole nitrogens is 1. The Balaban J connectivity index is 1.93. The molecule has 100 valence electrons. The van der Waals surface area contributed by atoms with Crippen molar-refractivity contribution in [2.75, 3.05) is 12.8 Å². The summed E-state index contributed by atoms with van der Waals surface area (Å²) in [6, 6.07) is 8.30. The molecule has 19 heavy (non-hydrogen) atoms. The number of benzene rings is 1. The number of imidazole rings is 1. The molecule has 1 aromatic heterocycles. The Morgan fingerprint density at radius 1 is 1.32 bits per heavy atom. The standard InChI is InChI=1S/C15H19N3O/c1-15(2)12(9-5-4-6-10(7-9)19-3)13(15)11-8-17-14(16)18-11/h4-8,12-13H,1-3H3,(H3,16,17,18)/t12-,13-/m1/s1. The van der Waals surface area contributed by atoms with Gasteiger partial charge in [0.25, 0.3) is 0 Å². The number of nitrogens with one attached hydrogen (secondary N) is 1. The third kappa shape index (κ3) is 1.87. The molecule has 1 heterocycles. The Morgan fingerprint density at radius 2 is 2.11 bits per heavy atom. The van der Waals surface area contributed by atoms with Crippen molar-refractivity contribution < 1.29 is 4.74 Å². The fraction of sp³-hybridized carbons (Fsp3) is 0.400. The molecular formula is C15H19N3O. The van der Waals surface area contributed by atoms with Crippen LogP contribution in [0.4, 0.5) is 5.95 Å². The summed E-state index contributed by atoms with van der Waals surface area (Å²) in [4.78, 5) is 7.26. The van der Waals surface area contributed by atoms with Crippen molar-refractivity contribution >= 4 is 5.95 Å². The van der Waals surface area contributed by atoms with Crippen LogP contribution in [0.15, 0.2) is 30.5 Å². The average molecular weight is 257 g/mol. The molecule has 2 aromatic rings. The van der Waals surface area contributed by atoms with E-state index < -0.39 is 0 Å². The van der Waals surface area contributed by atoms with Crippen molar-refractivity contribution in [1.29, 1.82) is 0 Å². The first kappa shape index (κ1) is 12.1. The minimum atomic E-state index is 0.214. The van der Waals surface area contributed by atoms with Gasteiger partial charge in [0.05, 0.1) is 13.3 Å². The molecule has 1 fully saturated rings. The molecule has 4 heteroatoms. The first-order chi connectivity index (χ1) is 9.04. The van der Waals surface area contributed by atoms with Gasteiger partial charge in [0.1, 0.15) is 5.75 Å². The van der Waals surface area contributed by atoms with Crippen LogP contribution in [0, 0.1) is 5.41 Å². The highest BCUT2D eigenvalue weighted by molar-refractivity contribution is 5.43. The smallest absolute Gasteiger partial charge is 0.197 e. The summed E-state index contributed by atoms with van der Waals surface area (Å²) in [6.45, 7) is 4.55. The predicted octanol–water partition coefficient (Wildman–Crippen LogP) is 2.91. The van der Waals surface area contributed by atoms with Gasteiger partial charge >= 0.3 is 0 Å². The van der Waals surface area contributed by atoms with E-state index in [2.05, 4.69) is 35.9 Å². The normalized spacial score (nSPS) is 24.2. The number of rotatable bonds is 3. The number of aromatic nitrogens is 2. The summed E-state index contributed by atoms with van der Waals surface area (Å²) in [5.41, 5.74) is 8.32. The van der Waals surface area contributed by atoms with Crippen molar-refractivity contribution in [2.45, 2.75) is 25.7 Å². The molecule has 0 spiro atoms. The van der Waals surface area contributed by atoms with Crippen LogP contribution < -0.4 is 10.5 Å². The molecule has 1 aliphatic carbocycles. The second-order valence-electron chi connectivity index (χ2n) is 5.78. The molecule has 0 unspecified atom stereocenters. The molecule has 3 N–H and O–H groups in total. The topological polar surface area (TPSA) is 63.9 Å². The zero-order chi connectivity index (χ0) is 13.6. The summed E-state index contributed by atoms with van der Waals surface area (Å²) < 4.78 is 5.31. The lowest BCUT2D eigenvalue weighted by atomic mass is 10.0. The molecule has 1 aliphatic rings. The minimum absolute atomic E-state index is 0.214. The van der Waals surface area contributed by atoms with Gasteiger partial charge in [-0.1, -0.05) is 26.0 Å². The van der Waals surface area contributed by atoms with E-state index in [1.54, 1.807) is 7.11 Å². The van der Waals surface area contributed by atoms with Gasteiger partial charge in [-0.15, -0.1) is 0 Å². The maximum absolute atomic E-state index is 5.68. The summed E-state index contributed by atoms with van der Waals surface area (Å²) in [5.74, 6) is 2.30. The van der Waals surface area contributed by atoms with E-state index in [0.717, 1.165) is 11.4 Å². The van der Waals surface area contributed by atoms with E-state index in [-0.39, 0.29) is 5.41 Å². The largest absolute Gasteiger partial charge is 0.497 e. The average Bonchev–Trinajstić information content (AvgIpc) is 2.73. The third-order valence-electron chi connectivity index (χ3n) is 4.23. The molecule has 4 nitrogen and oxygen atoms in total. The monoisotopic (exact) mass is 257 g/mol. The number of methoxy groups -OCH3 is 1. The van der Waals surface area contributed by atoms with Gasteiger partial charge < -0.3 is 15.5 Å². The number of nitrogens with zero attached hydrogens (tertiary/aromatic N) is 1. The van der Waals surface area contributed by atoms with Crippen LogP contribution in [0.3, 0.4) is 0 Å².